The molecule has 8 heteroatoms. The number of phenolic OH excluding ortho intramolecular Hbond substituents is 1. The first kappa shape index (κ1) is 17.8. The van der Waals surface area contributed by atoms with E-state index in [4.69, 9.17) is 11.5 Å². The summed E-state index contributed by atoms with van der Waals surface area (Å²) in [4.78, 5) is 1.99. The second-order valence-electron chi connectivity index (χ2n) is 6.15. The van der Waals surface area contributed by atoms with Crippen molar-refractivity contribution < 1.29 is 10.2 Å². The van der Waals surface area contributed by atoms with E-state index in [2.05, 4.69) is 10.4 Å². The van der Waals surface area contributed by atoms with Gasteiger partial charge < -0.3 is 31.9 Å². The summed E-state index contributed by atoms with van der Waals surface area (Å²) in [6.45, 7) is 2.22. The first-order chi connectivity index (χ1) is 12.6. The predicted molar refractivity (Wildman–Crippen MR) is 100 cm³/mol. The summed E-state index contributed by atoms with van der Waals surface area (Å²) in [6.07, 6.45) is 6.86. The van der Waals surface area contributed by atoms with Crippen molar-refractivity contribution >= 4 is 5.70 Å². The Balaban J connectivity index is 1.74. The highest BCUT2D eigenvalue weighted by atomic mass is 16.3. The van der Waals surface area contributed by atoms with Crippen LogP contribution in [0.4, 0.5) is 0 Å². The number of hydrogen-bond donors (Lipinski definition) is 5. The summed E-state index contributed by atoms with van der Waals surface area (Å²) in [5.41, 5.74) is 13.9. The van der Waals surface area contributed by atoms with Crippen LogP contribution in [0.1, 0.15) is 5.56 Å². The fraction of sp³-hybridized carbons (Fsp3) is 0.278. The molecule has 0 radical (unpaired) electrons. The maximum Gasteiger partial charge on any atom is 0.127 e. The van der Waals surface area contributed by atoms with Crippen LogP contribution >= 0.6 is 0 Å². The summed E-state index contributed by atoms with van der Waals surface area (Å²) >= 11 is 0. The molecule has 26 heavy (non-hydrogen) atoms. The number of allylic oxidation sites excluding steroid dienone is 2. The van der Waals surface area contributed by atoms with Gasteiger partial charge in [-0.1, -0.05) is 0 Å². The Kier molecular flexibility index (Phi) is 5.45. The van der Waals surface area contributed by atoms with Crippen LogP contribution in [-0.2, 0) is 0 Å². The Morgan fingerprint density at radius 3 is 2.88 bits per heavy atom. The first-order valence-corrected chi connectivity index (χ1v) is 8.44. The van der Waals surface area contributed by atoms with Crippen molar-refractivity contribution in [1.29, 1.82) is 0 Å². The molecule has 0 bridgehead atoms. The summed E-state index contributed by atoms with van der Waals surface area (Å²) in [7, 11) is 0. The average Bonchev–Trinajstić information content (AvgIpc) is 3.20. The molecular weight excluding hydrogens is 332 g/mol. The highest BCUT2D eigenvalue weighted by Gasteiger charge is 2.18. The number of phenols is 1. The van der Waals surface area contributed by atoms with Gasteiger partial charge in [0.15, 0.2) is 0 Å². The zero-order valence-corrected chi connectivity index (χ0v) is 14.4. The van der Waals surface area contributed by atoms with Gasteiger partial charge in [0.1, 0.15) is 5.75 Å². The number of nitrogens with zero attached hydrogens (tertiary/aromatic N) is 3. The molecular formula is C18H24N6O2. The summed E-state index contributed by atoms with van der Waals surface area (Å²) < 4.78 is 1.66. The molecule has 1 aromatic heterocycles. The van der Waals surface area contributed by atoms with Gasteiger partial charge in [0.25, 0.3) is 0 Å². The van der Waals surface area contributed by atoms with E-state index in [-0.39, 0.29) is 18.4 Å². The molecule has 0 amide bonds. The minimum absolute atomic E-state index is 0.0101. The topological polar surface area (TPSA) is 126 Å². The Bertz CT molecular complexity index is 800. The molecule has 3 rings (SSSR count). The molecule has 0 saturated carbocycles. The Labute approximate surface area is 152 Å². The lowest BCUT2D eigenvalue weighted by atomic mass is 10.1. The van der Waals surface area contributed by atoms with Gasteiger partial charge in [-0.2, -0.15) is 5.10 Å². The molecule has 138 valence electrons. The number of aromatic nitrogens is 2. The lowest BCUT2D eigenvalue weighted by Crippen LogP contribution is -2.52. The van der Waals surface area contributed by atoms with E-state index in [0.29, 0.717) is 23.6 Å². The smallest absolute Gasteiger partial charge is 0.127 e. The van der Waals surface area contributed by atoms with Gasteiger partial charge in [-0.15, -0.1) is 0 Å². The van der Waals surface area contributed by atoms with Gasteiger partial charge in [-0.05, 0) is 30.4 Å². The van der Waals surface area contributed by atoms with Crippen LogP contribution in [0.3, 0.4) is 0 Å². The van der Waals surface area contributed by atoms with Crippen molar-refractivity contribution in [3.8, 4) is 11.4 Å². The Hall–Kier alpha value is -2.97. The third-order valence-electron chi connectivity index (χ3n) is 4.34. The van der Waals surface area contributed by atoms with E-state index >= 15 is 0 Å². The maximum atomic E-state index is 10.3. The highest BCUT2D eigenvalue weighted by molar-refractivity contribution is 5.70. The second kappa shape index (κ2) is 7.94. The minimum Gasteiger partial charge on any atom is -0.507 e. The van der Waals surface area contributed by atoms with E-state index in [0.717, 1.165) is 18.8 Å². The molecule has 1 aliphatic rings. The Morgan fingerprint density at radius 2 is 2.19 bits per heavy atom. The lowest BCUT2D eigenvalue weighted by molar-refractivity contribution is 0.171. The zero-order chi connectivity index (χ0) is 18.5. The van der Waals surface area contributed by atoms with Crippen LogP contribution in [-0.4, -0.2) is 57.2 Å². The number of aliphatic hydroxyl groups is 1. The fourth-order valence-electron chi connectivity index (χ4n) is 2.88. The van der Waals surface area contributed by atoms with Crippen LogP contribution in [0.25, 0.3) is 11.4 Å². The number of aliphatic hydroxyl groups excluding tert-OH is 1. The number of rotatable bonds is 5. The number of hydrogen-bond acceptors (Lipinski definition) is 7. The normalized spacial score (nSPS) is 19.0. The number of benzene rings is 1. The van der Waals surface area contributed by atoms with E-state index in [9.17, 15) is 10.2 Å². The third-order valence-corrected chi connectivity index (χ3v) is 4.34. The largest absolute Gasteiger partial charge is 0.507 e. The molecule has 1 aromatic carbocycles. The molecule has 0 aliphatic carbocycles. The standard InChI is InChI=1S/C18H24N6O2/c19-16(4-5-18(20)23-9-7-21-13(11-23)12-25)15-3-2-14(10-17(15)26)24-8-1-6-22-24/h1-6,8,10,13,21,25-26H,7,9,11-12,19-20H2/b16-4-,18-5+. The highest BCUT2D eigenvalue weighted by Crippen LogP contribution is 2.25. The van der Waals surface area contributed by atoms with Crippen LogP contribution in [0.15, 0.2) is 54.6 Å². The second-order valence-corrected chi connectivity index (χ2v) is 6.15. The minimum atomic E-state index is 0.0101. The molecule has 1 unspecified atom stereocenters. The molecule has 8 nitrogen and oxygen atoms in total. The van der Waals surface area contributed by atoms with Crippen LogP contribution in [0.5, 0.6) is 5.75 Å². The number of nitrogens with two attached hydrogens (primary N) is 2. The molecule has 2 heterocycles. The molecule has 1 atom stereocenters. The zero-order valence-electron chi connectivity index (χ0n) is 14.4. The molecule has 0 spiro atoms. The van der Waals surface area contributed by atoms with Crippen molar-refractivity contribution in [3.05, 3.63) is 60.2 Å². The summed E-state index contributed by atoms with van der Waals surface area (Å²) in [6, 6.07) is 7.01. The van der Waals surface area contributed by atoms with Crippen molar-refractivity contribution in [1.82, 2.24) is 20.0 Å². The predicted octanol–water partition coefficient (Wildman–Crippen LogP) is -0.0563. The third kappa shape index (κ3) is 3.98. The average molecular weight is 356 g/mol. The van der Waals surface area contributed by atoms with Gasteiger partial charge in [0.2, 0.25) is 0 Å². The van der Waals surface area contributed by atoms with Crippen LogP contribution < -0.4 is 16.8 Å². The van der Waals surface area contributed by atoms with Gasteiger partial charge in [-0.25, -0.2) is 4.68 Å². The maximum absolute atomic E-state index is 10.3. The molecule has 1 saturated heterocycles. The van der Waals surface area contributed by atoms with Crippen LogP contribution in [0, 0.1) is 0 Å². The Morgan fingerprint density at radius 1 is 1.35 bits per heavy atom. The number of aromatic hydroxyl groups is 1. The summed E-state index contributed by atoms with van der Waals surface area (Å²) in [5.74, 6) is 0.641. The van der Waals surface area contributed by atoms with Gasteiger partial charge in [-0.3, -0.25) is 0 Å². The number of nitrogens with one attached hydrogen (secondary N) is 1. The summed E-state index contributed by atoms with van der Waals surface area (Å²) in [5, 5.41) is 26.9. The van der Waals surface area contributed by atoms with Crippen molar-refractivity contribution in [2.75, 3.05) is 26.2 Å². The fourth-order valence-corrected chi connectivity index (χ4v) is 2.88. The molecule has 1 fully saturated rings. The molecule has 2 aromatic rings. The van der Waals surface area contributed by atoms with Crippen LogP contribution in [0.2, 0.25) is 0 Å². The van der Waals surface area contributed by atoms with Crippen molar-refractivity contribution in [2.24, 2.45) is 11.5 Å². The van der Waals surface area contributed by atoms with E-state index < -0.39 is 0 Å². The SMILES string of the molecule is N/C(=C\C=C(/N)N1CCNC(CO)C1)c1ccc(-n2cccn2)cc1O. The van der Waals surface area contributed by atoms with Crippen molar-refractivity contribution in [2.45, 2.75) is 6.04 Å². The van der Waals surface area contributed by atoms with Crippen molar-refractivity contribution in [3.63, 3.8) is 0 Å². The molecule has 1 aliphatic heterocycles. The van der Waals surface area contributed by atoms with E-state index in [1.54, 1.807) is 41.4 Å². The monoisotopic (exact) mass is 356 g/mol. The quantitative estimate of drug-likeness (QED) is 0.475. The van der Waals surface area contributed by atoms with E-state index in [1.165, 1.54) is 0 Å². The van der Waals surface area contributed by atoms with Gasteiger partial charge in [0.05, 0.1) is 18.1 Å². The van der Waals surface area contributed by atoms with Gasteiger partial charge >= 0.3 is 0 Å². The molecule has 7 N–H and O–H groups in total. The van der Waals surface area contributed by atoms with E-state index in [1.807, 2.05) is 17.0 Å². The van der Waals surface area contributed by atoms with Gasteiger partial charge in [0, 0.05) is 55.4 Å². The number of piperazine rings is 1. The first-order valence-electron chi connectivity index (χ1n) is 8.44. The lowest BCUT2D eigenvalue weighted by Gasteiger charge is -2.34.